The predicted molar refractivity (Wildman–Crippen MR) is 93.5 cm³/mol. The third-order valence-electron chi connectivity index (χ3n) is 2.98. The van der Waals surface area contributed by atoms with Crippen molar-refractivity contribution in [1.82, 2.24) is 10.4 Å². The standard InChI is InChI=1S/C17H23ClN2O5/c1-10(2)24-16(22)19-20(17(23)25-11(3)4)12(5)15(21)13-6-8-14(18)9-7-13/h6-12H,1-5H3,(H,19,22)/t12-/m1/s1. The lowest BCUT2D eigenvalue weighted by atomic mass is 10.1. The highest BCUT2D eigenvalue weighted by Gasteiger charge is 2.30. The van der Waals surface area contributed by atoms with Gasteiger partial charge in [-0.2, -0.15) is 0 Å². The normalized spacial score (nSPS) is 11.8. The number of rotatable bonds is 5. The maximum atomic E-state index is 12.6. The Morgan fingerprint density at radius 3 is 1.96 bits per heavy atom. The summed E-state index contributed by atoms with van der Waals surface area (Å²) in [6.45, 7) is 8.13. The number of nitrogens with one attached hydrogen (secondary N) is 1. The third kappa shape index (κ3) is 6.62. The molecule has 0 bridgehead atoms. The molecular formula is C17H23ClN2O5. The van der Waals surface area contributed by atoms with E-state index in [1.54, 1.807) is 52.0 Å². The molecule has 0 saturated heterocycles. The Bertz CT molecular complexity index is 616. The average molecular weight is 371 g/mol. The lowest BCUT2D eigenvalue weighted by molar-refractivity contribution is 0.0326. The first-order valence-corrected chi connectivity index (χ1v) is 8.26. The van der Waals surface area contributed by atoms with Crippen LogP contribution in [0, 0.1) is 0 Å². The number of nitrogens with zero attached hydrogens (tertiary/aromatic N) is 1. The summed E-state index contributed by atoms with van der Waals surface area (Å²) in [5, 5.41) is 1.31. The topological polar surface area (TPSA) is 84.9 Å². The van der Waals surface area contributed by atoms with Gasteiger partial charge >= 0.3 is 12.2 Å². The van der Waals surface area contributed by atoms with Gasteiger partial charge in [0.05, 0.1) is 12.2 Å². The molecule has 0 aliphatic heterocycles. The fraction of sp³-hybridized carbons (Fsp3) is 0.471. The summed E-state index contributed by atoms with van der Waals surface area (Å²) in [5.41, 5.74) is 2.61. The minimum absolute atomic E-state index is 0.346. The van der Waals surface area contributed by atoms with E-state index in [1.165, 1.54) is 6.92 Å². The highest BCUT2D eigenvalue weighted by molar-refractivity contribution is 6.30. The van der Waals surface area contributed by atoms with Crippen molar-refractivity contribution in [1.29, 1.82) is 0 Å². The Morgan fingerprint density at radius 2 is 1.48 bits per heavy atom. The first-order chi connectivity index (χ1) is 11.6. The van der Waals surface area contributed by atoms with Gasteiger partial charge in [-0.25, -0.2) is 20.0 Å². The first-order valence-electron chi connectivity index (χ1n) is 7.88. The molecule has 0 aromatic heterocycles. The van der Waals surface area contributed by atoms with Crippen LogP contribution in [0.2, 0.25) is 5.02 Å². The van der Waals surface area contributed by atoms with Crippen LogP contribution < -0.4 is 5.43 Å². The van der Waals surface area contributed by atoms with E-state index < -0.39 is 24.3 Å². The minimum atomic E-state index is -1.01. The van der Waals surface area contributed by atoms with E-state index in [1.807, 2.05) is 0 Å². The van der Waals surface area contributed by atoms with Crippen LogP contribution in [0.5, 0.6) is 0 Å². The molecule has 0 radical (unpaired) electrons. The zero-order valence-electron chi connectivity index (χ0n) is 14.9. The van der Waals surface area contributed by atoms with Crippen molar-refractivity contribution in [3.05, 3.63) is 34.9 Å². The summed E-state index contributed by atoms with van der Waals surface area (Å²) in [6.07, 6.45) is -2.52. The Hall–Kier alpha value is -2.28. The van der Waals surface area contributed by atoms with Crippen LogP contribution in [0.3, 0.4) is 0 Å². The van der Waals surface area contributed by atoms with E-state index in [2.05, 4.69) is 5.43 Å². The summed E-state index contributed by atoms with van der Waals surface area (Å²) in [7, 11) is 0. The summed E-state index contributed by atoms with van der Waals surface area (Å²) in [5.74, 6) is -0.387. The van der Waals surface area contributed by atoms with Crippen LogP contribution in [0.25, 0.3) is 0 Å². The van der Waals surface area contributed by atoms with Crippen LogP contribution in [-0.2, 0) is 9.47 Å². The Kier molecular flexibility index (Phi) is 7.70. The van der Waals surface area contributed by atoms with Gasteiger partial charge < -0.3 is 9.47 Å². The number of amides is 2. The summed E-state index contributed by atoms with van der Waals surface area (Å²) < 4.78 is 10.0. The number of halogens is 1. The molecule has 0 aliphatic rings. The first kappa shape index (κ1) is 20.8. The second-order valence-electron chi connectivity index (χ2n) is 5.92. The molecule has 0 unspecified atom stereocenters. The molecule has 25 heavy (non-hydrogen) atoms. The smallest absolute Gasteiger partial charge is 0.429 e. The number of Topliss-reactive ketones (excluding diaryl/α,β-unsaturated/α-hetero) is 1. The molecule has 1 N–H and O–H groups in total. The largest absolute Gasteiger partial charge is 0.446 e. The highest BCUT2D eigenvalue weighted by Crippen LogP contribution is 2.14. The number of hydrogen-bond donors (Lipinski definition) is 1. The lowest BCUT2D eigenvalue weighted by Gasteiger charge is -2.28. The molecule has 0 saturated carbocycles. The van der Waals surface area contributed by atoms with Crippen LogP contribution in [0.1, 0.15) is 45.0 Å². The number of ether oxygens (including phenoxy) is 2. The van der Waals surface area contributed by atoms with E-state index >= 15 is 0 Å². The molecule has 1 aromatic rings. The van der Waals surface area contributed by atoms with Crippen molar-refractivity contribution in [3.63, 3.8) is 0 Å². The number of ketones is 1. The predicted octanol–water partition coefficient (Wildman–Crippen LogP) is 3.81. The van der Waals surface area contributed by atoms with Gasteiger partial charge in [0.2, 0.25) is 0 Å². The van der Waals surface area contributed by atoms with E-state index in [0.29, 0.717) is 10.6 Å². The Morgan fingerprint density at radius 1 is 0.960 bits per heavy atom. The van der Waals surface area contributed by atoms with Crippen molar-refractivity contribution < 1.29 is 23.9 Å². The summed E-state index contributed by atoms with van der Waals surface area (Å²) in [6, 6.07) is 5.21. The zero-order chi connectivity index (χ0) is 19.1. The van der Waals surface area contributed by atoms with Crippen molar-refractivity contribution in [2.45, 2.75) is 52.9 Å². The molecule has 0 spiro atoms. The zero-order valence-corrected chi connectivity index (χ0v) is 15.7. The molecule has 0 heterocycles. The van der Waals surface area contributed by atoms with Crippen LogP contribution in [0.4, 0.5) is 9.59 Å². The van der Waals surface area contributed by atoms with Gasteiger partial charge in [-0.05, 0) is 58.9 Å². The third-order valence-corrected chi connectivity index (χ3v) is 3.24. The fourth-order valence-electron chi connectivity index (χ4n) is 1.87. The molecule has 0 aliphatic carbocycles. The molecule has 7 nitrogen and oxygen atoms in total. The highest BCUT2D eigenvalue weighted by atomic mass is 35.5. The maximum Gasteiger partial charge on any atom is 0.429 e. The Balaban J connectivity index is 2.99. The molecule has 1 aromatic carbocycles. The van der Waals surface area contributed by atoms with Gasteiger partial charge in [-0.15, -0.1) is 0 Å². The number of carbonyl (C=O) groups excluding carboxylic acids is 3. The number of benzene rings is 1. The van der Waals surface area contributed by atoms with Gasteiger partial charge in [0.15, 0.2) is 5.78 Å². The maximum absolute atomic E-state index is 12.6. The van der Waals surface area contributed by atoms with Crippen molar-refractivity contribution in [2.75, 3.05) is 0 Å². The second kappa shape index (κ2) is 9.27. The molecule has 0 fully saturated rings. The molecule has 138 valence electrons. The Labute approximate surface area is 152 Å². The SMILES string of the molecule is CC(C)OC(=O)NN(C(=O)OC(C)C)[C@H](C)C(=O)c1ccc(Cl)cc1. The second-order valence-corrected chi connectivity index (χ2v) is 6.35. The lowest BCUT2D eigenvalue weighted by Crippen LogP contribution is -2.54. The van der Waals surface area contributed by atoms with E-state index in [4.69, 9.17) is 21.1 Å². The van der Waals surface area contributed by atoms with Crippen molar-refractivity contribution in [2.24, 2.45) is 0 Å². The van der Waals surface area contributed by atoms with Crippen molar-refractivity contribution >= 4 is 29.6 Å². The van der Waals surface area contributed by atoms with Gasteiger partial charge in [-0.1, -0.05) is 11.6 Å². The van der Waals surface area contributed by atoms with Gasteiger partial charge in [0.1, 0.15) is 6.04 Å². The number of hydrazine groups is 1. The van der Waals surface area contributed by atoms with E-state index in [0.717, 1.165) is 5.01 Å². The molecular weight excluding hydrogens is 348 g/mol. The van der Waals surface area contributed by atoms with Gasteiger partial charge in [0.25, 0.3) is 0 Å². The molecule has 2 amide bonds. The average Bonchev–Trinajstić information content (AvgIpc) is 2.50. The molecule has 1 rings (SSSR count). The number of carbonyl (C=O) groups is 3. The van der Waals surface area contributed by atoms with Crippen LogP contribution in [-0.4, -0.2) is 41.2 Å². The molecule has 8 heteroatoms. The summed E-state index contributed by atoms with van der Waals surface area (Å²) >= 11 is 5.81. The van der Waals surface area contributed by atoms with Crippen molar-refractivity contribution in [3.8, 4) is 0 Å². The fourth-order valence-corrected chi connectivity index (χ4v) is 2.00. The van der Waals surface area contributed by atoms with Crippen LogP contribution >= 0.6 is 11.6 Å². The minimum Gasteiger partial charge on any atom is -0.446 e. The van der Waals surface area contributed by atoms with E-state index in [9.17, 15) is 14.4 Å². The monoisotopic (exact) mass is 370 g/mol. The summed E-state index contributed by atoms with van der Waals surface area (Å²) in [4.78, 5) is 36.7. The van der Waals surface area contributed by atoms with Gasteiger partial charge in [0, 0.05) is 10.6 Å². The van der Waals surface area contributed by atoms with E-state index in [-0.39, 0.29) is 11.9 Å². The molecule has 1 atom stereocenters. The number of hydrogen-bond acceptors (Lipinski definition) is 5. The van der Waals surface area contributed by atoms with Gasteiger partial charge in [-0.3, -0.25) is 4.79 Å². The van der Waals surface area contributed by atoms with Crippen LogP contribution in [0.15, 0.2) is 24.3 Å². The quantitative estimate of drug-likeness (QED) is 0.629.